The van der Waals surface area contributed by atoms with Crippen LogP contribution in [0.1, 0.15) is 40.2 Å². The van der Waals surface area contributed by atoms with Crippen LogP contribution in [0.15, 0.2) is 36.5 Å². The second-order valence-corrected chi connectivity index (χ2v) is 12.2. The summed E-state index contributed by atoms with van der Waals surface area (Å²) >= 11 is 6.42. The minimum Gasteiger partial charge on any atom is -0.475 e. The fourth-order valence-electron chi connectivity index (χ4n) is 5.53. The molecule has 2 aromatic carbocycles. The standard InChI is InChI=1S/C30H31ClF4N6O4.C2HF3O2/c1-40-22(20-4-5-23(45-30(34)35)25(33)24(20)32)15-37-26(40)28(43)39-18-2-3-19(21(31)12-18)29(44)41-10-7-17(8-11-41)27(42)38-14-16-6-9-36-13-16;3-2(4,5)1(6)7/h2-5,12,15-17,30,36H,6-11,13-14H2,1H3,(H,38,42)(H,39,43);(H,6,7)/t16-;/m1./s1. The molecule has 2 aliphatic heterocycles. The summed E-state index contributed by atoms with van der Waals surface area (Å²) < 4.78 is 90.7. The number of carboxylic acid groups (broad SMARTS) is 1. The third kappa shape index (κ3) is 9.90. The normalized spacial score (nSPS) is 16.3. The van der Waals surface area contributed by atoms with E-state index < -0.39 is 42.0 Å². The van der Waals surface area contributed by atoms with E-state index in [4.69, 9.17) is 21.5 Å². The van der Waals surface area contributed by atoms with E-state index in [1.165, 1.54) is 29.8 Å². The highest BCUT2D eigenvalue weighted by molar-refractivity contribution is 6.34. The molecule has 1 atom stereocenters. The van der Waals surface area contributed by atoms with E-state index in [0.717, 1.165) is 37.8 Å². The Kier molecular flexibility index (Phi) is 13.1. The van der Waals surface area contributed by atoms with E-state index in [1.807, 2.05) is 0 Å². The lowest BCUT2D eigenvalue weighted by atomic mass is 9.95. The fraction of sp³-hybridized carbons (Fsp3) is 0.406. The quantitative estimate of drug-likeness (QED) is 0.220. The van der Waals surface area contributed by atoms with Crippen molar-refractivity contribution in [3.05, 3.63) is 64.6 Å². The van der Waals surface area contributed by atoms with Gasteiger partial charge in [-0.25, -0.2) is 14.2 Å². The Balaban J connectivity index is 0.000000785. The Bertz CT molecular complexity index is 1790. The number of imidazole rings is 1. The molecule has 0 bridgehead atoms. The highest BCUT2D eigenvalue weighted by Crippen LogP contribution is 2.31. The van der Waals surface area contributed by atoms with Gasteiger partial charge >= 0.3 is 18.8 Å². The summed E-state index contributed by atoms with van der Waals surface area (Å²) in [5.41, 5.74) is 0.180. The Hall–Kier alpha value is -4.91. The first-order chi connectivity index (χ1) is 24.5. The van der Waals surface area contributed by atoms with Gasteiger partial charge in [0.25, 0.3) is 11.8 Å². The van der Waals surface area contributed by atoms with Gasteiger partial charge in [-0.1, -0.05) is 11.6 Å². The van der Waals surface area contributed by atoms with Gasteiger partial charge in [0.05, 0.1) is 22.5 Å². The van der Waals surface area contributed by atoms with E-state index in [-0.39, 0.29) is 51.1 Å². The van der Waals surface area contributed by atoms with Crippen molar-refractivity contribution in [2.45, 2.75) is 32.1 Å². The molecule has 2 fully saturated rings. The van der Waals surface area contributed by atoms with Gasteiger partial charge in [-0.2, -0.15) is 26.3 Å². The molecule has 0 unspecified atom stereocenters. The number of aromatic nitrogens is 2. The van der Waals surface area contributed by atoms with Gasteiger partial charge < -0.3 is 35.3 Å². The first kappa shape index (κ1) is 39.9. The molecule has 20 heteroatoms. The van der Waals surface area contributed by atoms with Crippen LogP contribution in [0.25, 0.3) is 11.3 Å². The molecule has 4 N–H and O–H groups in total. The smallest absolute Gasteiger partial charge is 0.475 e. The second kappa shape index (κ2) is 17.1. The Labute approximate surface area is 296 Å². The third-order valence-electron chi connectivity index (χ3n) is 8.31. The van der Waals surface area contributed by atoms with Gasteiger partial charge in [-0.05, 0) is 68.6 Å². The zero-order valence-electron chi connectivity index (χ0n) is 27.2. The van der Waals surface area contributed by atoms with Crippen molar-refractivity contribution in [2.75, 3.05) is 38.0 Å². The van der Waals surface area contributed by atoms with Crippen molar-refractivity contribution in [1.82, 2.24) is 25.1 Å². The number of hydrogen-bond acceptors (Lipinski definition) is 7. The number of halogens is 8. The minimum atomic E-state index is -5.08. The molecule has 0 spiro atoms. The minimum absolute atomic E-state index is 0.00601. The van der Waals surface area contributed by atoms with Crippen molar-refractivity contribution >= 4 is 41.0 Å². The number of aliphatic carboxylic acids is 1. The summed E-state index contributed by atoms with van der Waals surface area (Å²) in [5.74, 6) is -7.61. The predicted octanol–water partition coefficient (Wildman–Crippen LogP) is 5.08. The average molecular weight is 765 g/mol. The summed E-state index contributed by atoms with van der Waals surface area (Å²) in [5, 5.41) is 16.1. The van der Waals surface area contributed by atoms with E-state index in [9.17, 15) is 45.1 Å². The van der Waals surface area contributed by atoms with Crippen LogP contribution in [0, 0.1) is 23.5 Å². The number of alkyl halides is 5. The van der Waals surface area contributed by atoms with E-state index >= 15 is 0 Å². The van der Waals surface area contributed by atoms with Crippen LogP contribution in [0.3, 0.4) is 0 Å². The number of nitrogens with zero attached hydrogens (tertiary/aromatic N) is 3. The van der Waals surface area contributed by atoms with Crippen LogP contribution < -0.4 is 20.7 Å². The highest BCUT2D eigenvalue weighted by Gasteiger charge is 2.38. The van der Waals surface area contributed by atoms with Crippen molar-refractivity contribution in [2.24, 2.45) is 18.9 Å². The van der Waals surface area contributed by atoms with E-state index in [1.54, 1.807) is 4.90 Å². The second-order valence-electron chi connectivity index (χ2n) is 11.8. The molecule has 3 amide bonds. The maximum atomic E-state index is 14.6. The number of carbonyl (C=O) groups is 4. The van der Waals surface area contributed by atoms with Crippen LogP contribution in [0.2, 0.25) is 5.02 Å². The number of ether oxygens (including phenoxy) is 1. The van der Waals surface area contributed by atoms with Gasteiger partial charge in [0, 0.05) is 43.9 Å². The number of piperidine rings is 1. The number of benzene rings is 2. The molecule has 2 saturated heterocycles. The van der Waals surface area contributed by atoms with Gasteiger partial charge in [0.1, 0.15) is 0 Å². The maximum absolute atomic E-state index is 14.6. The number of amides is 3. The van der Waals surface area contributed by atoms with E-state index in [0.29, 0.717) is 38.4 Å². The SMILES string of the molecule is Cn1c(-c2ccc(OC(F)F)c(F)c2F)cnc1C(=O)Nc1ccc(C(=O)N2CCC(C(=O)NC[C@@H]3CCNC3)CC2)c(Cl)c1.O=C(O)C(F)(F)F. The lowest BCUT2D eigenvalue weighted by molar-refractivity contribution is -0.192. The molecule has 12 nitrogen and oxygen atoms in total. The first-order valence-corrected chi connectivity index (χ1v) is 16.0. The number of rotatable bonds is 9. The van der Waals surface area contributed by atoms with Crippen molar-refractivity contribution in [3.63, 3.8) is 0 Å². The number of likely N-dealkylation sites (tertiary alicyclic amines) is 1. The summed E-state index contributed by atoms with van der Waals surface area (Å²) in [4.78, 5) is 53.3. The maximum Gasteiger partial charge on any atom is 0.490 e. The molecule has 0 radical (unpaired) electrons. The predicted molar refractivity (Wildman–Crippen MR) is 171 cm³/mol. The highest BCUT2D eigenvalue weighted by atomic mass is 35.5. The molecular weight excluding hydrogens is 733 g/mol. The van der Waals surface area contributed by atoms with Crippen molar-refractivity contribution in [1.29, 1.82) is 0 Å². The average Bonchev–Trinajstić information content (AvgIpc) is 3.75. The lowest BCUT2D eigenvalue weighted by Crippen LogP contribution is -2.44. The number of hydrogen-bond donors (Lipinski definition) is 4. The molecule has 3 heterocycles. The van der Waals surface area contributed by atoms with Gasteiger partial charge in [0.2, 0.25) is 11.7 Å². The summed E-state index contributed by atoms with van der Waals surface area (Å²) in [6, 6.07) is 6.28. The van der Waals surface area contributed by atoms with Gasteiger partial charge in [0.15, 0.2) is 17.4 Å². The number of carboxylic acids is 1. The van der Waals surface area contributed by atoms with Crippen LogP contribution in [-0.2, 0) is 16.6 Å². The Morgan fingerprint density at radius 1 is 1.08 bits per heavy atom. The van der Waals surface area contributed by atoms with Gasteiger partial charge in [-0.15, -0.1) is 0 Å². The molecule has 2 aliphatic rings. The summed E-state index contributed by atoms with van der Waals surface area (Å²) in [6.07, 6.45) is -1.82. The summed E-state index contributed by atoms with van der Waals surface area (Å²) in [6.45, 7) is 0.00652. The molecule has 5 rings (SSSR count). The lowest BCUT2D eigenvalue weighted by Gasteiger charge is -2.31. The molecule has 282 valence electrons. The van der Waals surface area contributed by atoms with Crippen LogP contribution in [0.5, 0.6) is 5.75 Å². The van der Waals surface area contributed by atoms with Crippen LogP contribution in [-0.4, -0.2) is 88.8 Å². The molecular formula is C32H32ClF7N6O6. The number of nitrogens with one attached hydrogen (secondary N) is 3. The third-order valence-corrected chi connectivity index (χ3v) is 8.62. The molecule has 52 heavy (non-hydrogen) atoms. The molecule has 1 aromatic heterocycles. The van der Waals surface area contributed by atoms with Crippen molar-refractivity contribution < 1.29 is 59.8 Å². The monoisotopic (exact) mass is 764 g/mol. The molecule has 0 aliphatic carbocycles. The van der Waals surface area contributed by atoms with Gasteiger partial charge in [-0.3, -0.25) is 14.4 Å². The zero-order chi connectivity index (χ0) is 38.3. The Morgan fingerprint density at radius 3 is 2.33 bits per heavy atom. The largest absolute Gasteiger partial charge is 0.490 e. The first-order valence-electron chi connectivity index (χ1n) is 15.6. The molecule has 3 aromatic rings. The topological polar surface area (TPSA) is 155 Å². The summed E-state index contributed by atoms with van der Waals surface area (Å²) in [7, 11) is 1.40. The Morgan fingerprint density at radius 2 is 1.75 bits per heavy atom. The zero-order valence-corrected chi connectivity index (χ0v) is 28.0. The molecule has 0 saturated carbocycles. The number of carbonyl (C=O) groups excluding carboxylic acids is 3. The van der Waals surface area contributed by atoms with E-state index in [2.05, 4.69) is 25.7 Å². The fourth-order valence-corrected chi connectivity index (χ4v) is 5.80. The number of anilines is 1. The van der Waals surface area contributed by atoms with Crippen molar-refractivity contribution in [3.8, 4) is 17.0 Å². The van der Waals surface area contributed by atoms with Crippen LogP contribution >= 0.6 is 11.6 Å². The van der Waals surface area contributed by atoms with Crippen LogP contribution in [0.4, 0.5) is 36.4 Å².